The summed E-state index contributed by atoms with van der Waals surface area (Å²) in [5.74, 6) is 0.707. The fourth-order valence-corrected chi connectivity index (χ4v) is 4.74. The fraction of sp³-hybridized carbons (Fsp3) is 0.132. The SMILES string of the molecule is Brc1ccc2c(c1)C=CC2.C=CB(F)F.C=Cc1ccc2ocnc2c1.COC(OC)OC.Nc1cc(Br)ccc1O.O=Cc1ccc2ocnc2c1.[F-].[K+]. The molecule has 0 saturated carbocycles. The van der Waals surface area contributed by atoms with Gasteiger partial charge in [-0.1, -0.05) is 74.8 Å². The molecule has 0 atom stereocenters. The monoisotopic (exact) mass is 913 g/mol. The molecule has 286 valence electrons. The minimum Gasteiger partial charge on any atom is -1.00 e. The topological polar surface area (TPSA) is 143 Å². The Morgan fingerprint density at radius 2 is 1.36 bits per heavy atom. The summed E-state index contributed by atoms with van der Waals surface area (Å²) in [5, 5.41) is 8.90. The maximum Gasteiger partial charge on any atom is 1.00 e. The molecule has 0 fully saturated rings. The number of anilines is 1. The number of rotatable bonds is 6. The van der Waals surface area contributed by atoms with Crippen molar-refractivity contribution in [2.24, 2.45) is 0 Å². The zero-order valence-corrected chi connectivity index (χ0v) is 36.8. The molecule has 3 N–H and O–H groups in total. The van der Waals surface area contributed by atoms with Crippen LogP contribution in [0.5, 0.6) is 5.75 Å². The van der Waals surface area contributed by atoms with Crippen molar-refractivity contribution < 1.29 is 97.7 Å². The predicted octanol–water partition coefficient (Wildman–Crippen LogP) is 4.22. The van der Waals surface area contributed by atoms with E-state index in [-0.39, 0.29) is 61.8 Å². The number of allylic oxidation sites excluding steroid dienone is 1. The molecule has 55 heavy (non-hydrogen) atoms. The van der Waals surface area contributed by atoms with Crippen molar-refractivity contribution in [3.8, 4) is 5.75 Å². The van der Waals surface area contributed by atoms with Gasteiger partial charge in [0.05, 0.1) is 5.69 Å². The summed E-state index contributed by atoms with van der Waals surface area (Å²) in [7, 11) is 2.18. The number of aldehydes is 1. The second kappa shape index (κ2) is 29.0. The summed E-state index contributed by atoms with van der Waals surface area (Å²) in [4.78, 5) is 18.2. The van der Waals surface area contributed by atoms with Crippen LogP contribution in [-0.4, -0.2) is 56.4 Å². The number of nitrogens with two attached hydrogens (primary N) is 1. The molecule has 0 amide bonds. The van der Waals surface area contributed by atoms with Crippen LogP contribution < -0.4 is 61.8 Å². The minimum atomic E-state index is -2.35. The van der Waals surface area contributed by atoms with E-state index in [4.69, 9.17) is 19.7 Å². The first-order valence-corrected chi connectivity index (χ1v) is 17.0. The fourth-order valence-electron chi connectivity index (χ4n) is 3.98. The van der Waals surface area contributed by atoms with Crippen LogP contribution in [0.3, 0.4) is 0 Å². The largest absolute Gasteiger partial charge is 1.00 e. The van der Waals surface area contributed by atoms with E-state index in [1.165, 1.54) is 45.2 Å². The van der Waals surface area contributed by atoms with Gasteiger partial charge >= 0.3 is 58.7 Å². The number of hydrogen-bond donors (Lipinski definition) is 2. The van der Waals surface area contributed by atoms with E-state index >= 15 is 0 Å². The predicted molar refractivity (Wildman–Crippen MR) is 214 cm³/mol. The van der Waals surface area contributed by atoms with E-state index in [0.717, 1.165) is 43.8 Å². The molecule has 2 heterocycles. The van der Waals surface area contributed by atoms with Crippen molar-refractivity contribution in [1.82, 2.24) is 9.97 Å². The number of fused-ring (bicyclic) bond motifs is 3. The molecule has 7 rings (SSSR count). The zero-order chi connectivity index (χ0) is 39.2. The summed E-state index contributed by atoms with van der Waals surface area (Å²) >= 11 is 6.64. The van der Waals surface area contributed by atoms with Gasteiger partial charge in [-0.3, -0.25) is 13.4 Å². The minimum absolute atomic E-state index is 0. The molecular weight excluding hydrogens is 877 g/mol. The Morgan fingerprint density at radius 3 is 1.82 bits per heavy atom. The first-order valence-electron chi connectivity index (χ1n) is 15.4. The number of oxazole rings is 2. The summed E-state index contributed by atoms with van der Waals surface area (Å²) < 4.78 is 47.2. The second-order valence-corrected chi connectivity index (χ2v) is 12.0. The number of ether oxygens (including phenoxy) is 3. The number of halogens is 5. The van der Waals surface area contributed by atoms with Crippen LogP contribution in [0.15, 0.2) is 129 Å². The van der Waals surface area contributed by atoms with Gasteiger partial charge in [-0.05, 0) is 83.8 Å². The first-order chi connectivity index (χ1) is 25.5. The van der Waals surface area contributed by atoms with Crippen molar-refractivity contribution in [3.05, 3.63) is 142 Å². The number of benzene rings is 4. The molecule has 1 aliphatic carbocycles. The number of hydrogen-bond acceptors (Lipinski definition) is 10. The molecule has 0 bridgehead atoms. The maximum atomic E-state index is 10.6. The number of nitrogens with zero attached hydrogens (tertiary/aromatic N) is 2. The van der Waals surface area contributed by atoms with E-state index in [0.29, 0.717) is 22.8 Å². The molecule has 0 radical (unpaired) electrons. The quantitative estimate of drug-likeness (QED) is 0.0821. The van der Waals surface area contributed by atoms with Crippen LogP contribution in [0.1, 0.15) is 27.0 Å². The van der Waals surface area contributed by atoms with E-state index in [9.17, 15) is 13.4 Å². The third-order valence-electron chi connectivity index (χ3n) is 6.57. The standard InChI is InChI=1S/C9H7Br.C9H7NO.C8H5NO2.C6H6BrNO.C4H10O3.C2H3BF2.FH.K/c10-9-5-4-7-2-1-3-8(7)6-9;1-2-7-3-4-9-8(5-7)10-6-11-9;10-4-6-1-2-8-7(3-6)9-5-11-8;7-4-1-2-6(9)5(8)3-4;1-5-4(6-2)7-3;1-2-3(4)5;;/h1,3-6H,2H2;2-6H,1H2;1-5H;1-3,9H,8H2;4H,1-3H3;2H,1H2;1H;/q;;;;;;;+1/p-1. The average molecular weight is 915 g/mol. The van der Waals surface area contributed by atoms with E-state index < -0.39 is 13.7 Å². The first kappa shape index (κ1) is 51.6. The summed E-state index contributed by atoms with van der Waals surface area (Å²) in [6.45, 7) is 5.96. The summed E-state index contributed by atoms with van der Waals surface area (Å²) in [6.07, 6.45) is 10.8. The van der Waals surface area contributed by atoms with Crippen molar-refractivity contribution in [2.45, 2.75) is 12.9 Å². The van der Waals surface area contributed by atoms with Crippen molar-refractivity contribution >= 4 is 85.5 Å². The number of nitrogen functional groups attached to an aromatic ring is 1. The number of aromatic hydroxyl groups is 1. The second-order valence-electron chi connectivity index (χ2n) is 10.2. The third kappa shape index (κ3) is 19.4. The van der Waals surface area contributed by atoms with Gasteiger partial charge in [-0.25, -0.2) is 9.97 Å². The number of carbonyl (C=O) groups is 1. The van der Waals surface area contributed by atoms with Crippen LogP contribution in [0.25, 0.3) is 34.4 Å². The number of carbonyl (C=O) groups excluding carboxylic acids is 1. The maximum absolute atomic E-state index is 10.6. The van der Waals surface area contributed by atoms with E-state index in [1.807, 2.05) is 18.2 Å². The molecule has 6 aromatic rings. The normalized spacial score (nSPS) is 10.0. The van der Waals surface area contributed by atoms with Crippen molar-refractivity contribution in [3.63, 3.8) is 0 Å². The van der Waals surface area contributed by atoms with Crippen LogP contribution in [0.2, 0.25) is 0 Å². The summed E-state index contributed by atoms with van der Waals surface area (Å²) in [6, 6.07) is 22.2. The van der Waals surface area contributed by atoms with E-state index in [2.05, 4.69) is 99.5 Å². The molecular formula is C38H38BBr2F3KN3O7. The van der Waals surface area contributed by atoms with Crippen LogP contribution >= 0.6 is 31.9 Å². The zero-order valence-electron chi connectivity index (χ0n) is 30.5. The Hall–Kier alpha value is -3.36. The molecule has 10 nitrogen and oxygen atoms in total. The van der Waals surface area contributed by atoms with Gasteiger partial charge in [0.1, 0.15) is 23.1 Å². The Labute approximate surface area is 377 Å². The molecule has 0 unspecified atom stereocenters. The molecule has 0 aliphatic heterocycles. The summed E-state index contributed by atoms with van der Waals surface area (Å²) in [5.41, 5.74) is 13.3. The van der Waals surface area contributed by atoms with Crippen molar-refractivity contribution in [2.75, 3.05) is 27.1 Å². The number of phenolic OH excluding ortho intramolecular Hbond substituents is 1. The molecule has 2 aromatic heterocycles. The number of methoxy groups -OCH3 is 3. The van der Waals surface area contributed by atoms with Gasteiger partial charge in [0, 0.05) is 35.8 Å². The van der Waals surface area contributed by atoms with Crippen LogP contribution in [0.4, 0.5) is 14.3 Å². The number of phenols is 1. The average Bonchev–Trinajstić information content (AvgIpc) is 3.96. The molecule has 0 spiro atoms. The Kier molecular flexibility index (Phi) is 27.2. The van der Waals surface area contributed by atoms with Gasteiger partial charge in [-0.15, -0.1) is 6.58 Å². The molecule has 0 saturated heterocycles. The van der Waals surface area contributed by atoms with Crippen LogP contribution in [-0.2, 0) is 20.6 Å². The Morgan fingerprint density at radius 1 is 0.855 bits per heavy atom. The molecule has 4 aromatic carbocycles. The Bertz CT molecular complexity index is 1980. The van der Waals surface area contributed by atoms with Gasteiger partial charge in [0.15, 0.2) is 24.0 Å². The van der Waals surface area contributed by atoms with Crippen LogP contribution in [0, 0.1) is 0 Å². The van der Waals surface area contributed by atoms with Gasteiger partial charge in [0.2, 0.25) is 0 Å². The van der Waals surface area contributed by atoms with Gasteiger partial charge < -0.3 is 38.6 Å². The smallest absolute Gasteiger partial charge is 1.00 e. The van der Waals surface area contributed by atoms with Gasteiger partial charge in [-0.2, -0.15) is 0 Å². The third-order valence-corrected chi connectivity index (χ3v) is 7.56. The number of aromatic nitrogens is 2. The Balaban J connectivity index is 0.000000643. The van der Waals surface area contributed by atoms with E-state index in [1.54, 1.807) is 42.5 Å². The van der Waals surface area contributed by atoms with Gasteiger partial charge in [0.25, 0.3) is 6.48 Å². The molecule has 1 aliphatic rings. The molecule has 17 heteroatoms. The van der Waals surface area contributed by atoms with Crippen molar-refractivity contribution in [1.29, 1.82) is 0 Å².